The summed E-state index contributed by atoms with van der Waals surface area (Å²) in [6.07, 6.45) is 12.7. The predicted molar refractivity (Wildman–Crippen MR) is 265 cm³/mol. The van der Waals surface area contributed by atoms with E-state index in [1.165, 1.54) is 20.9 Å². The van der Waals surface area contributed by atoms with Crippen molar-refractivity contribution in [1.29, 1.82) is 10.5 Å². The van der Waals surface area contributed by atoms with E-state index >= 15 is 0 Å². The van der Waals surface area contributed by atoms with Crippen LogP contribution in [-0.2, 0) is 12.8 Å². The van der Waals surface area contributed by atoms with Gasteiger partial charge in [-0.05, 0) is 161 Å². The van der Waals surface area contributed by atoms with Gasteiger partial charge in [-0.15, -0.1) is 0 Å². The molecule has 7 aromatic rings. The van der Waals surface area contributed by atoms with Gasteiger partial charge in [-0.25, -0.2) is 9.80 Å². The van der Waals surface area contributed by atoms with Crippen molar-refractivity contribution < 1.29 is 19.2 Å². The minimum atomic E-state index is -0.543. The molecule has 2 heterocycles. The molecule has 2 aliphatic heterocycles. The fraction of sp³-hybridized carbons (Fsp3) is 0.276. The Kier molecular flexibility index (Phi) is 11.6. The van der Waals surface area contributed by atoms with Crippen LogP contribution in [0.25, 0.3) is 43.1 Å². The number of anilines is 2. The average Bonchev–Trinajstić information content (AvgIpc) is 3.31. The van der Waals surface area contributed by atoms with E-state index in [-0.39, 0.29) is 22.3 Å². The average molecular weight is 869 g/mol. The smallest absolute Gasteiger partial charge is 0.266 e. The van der Waals surface area contributed by atoms with Crippen molar-refractivity contribution in [3.05, 3.63) is 153 Å². The van der Waals surface area contributed by atoms with Gasteiger partial charge in [0.25, 0.3) is 23.6 Å². The number of carbonyl (C=O) groups excluding carboxylic acids is 4. The summed E-state index contributed by atoms with van der Waals surface area (Å²) in [5.74, 6) is -0.948. The standard InChI is InChI=1S/C58H52N4O4/c1-33(2)9-7-11-35(5)13-15-37-17-21-41(22-18-37)61-55(63)45-27-25-43-50-40(32-60)30-48-52-46(28-26-44(54(50)52)49-39(31-59)29-47(57(61)65)51(45)53(43)49)56(64)62(58(48)66)42-23-19-38(20-24-42)16-14-36(6)12-8-10-34(3)4/h9-10,17-30,35-36H,7-8,11-16H2,1-6H3/t35-,36-/m0/s1. The maximum absolute atomic E-state index is 14.6. The number of carbonyl (C=O) groups is 4. The quantitative estimate of drug-likeness (QED) is 0.0464. The van der Waals surface area contributed by atoms with Crippen molar-refractivity contribution in [3.63, 3.8) is 0 Å². The van der Waals surface area contributed by atoms with Gasteiger partial charge in [-0.1, -0.05) is 73.5 Å². The van der Waals surface area contributed by atoms with E-state index < -0.39 is 23.6 Å². The van der Waals surface area contributed by atoms with Gasteiger partial charge in [0.15, 0.2) is 0 Å². The number of fused-ring (bicyclic) bond motifs is 2. The predicted octanol–water partition coefficient (Wildman–Crippen LogP) is 13.7. The van der Waals surface area contributed by atoms with E-state index in [0.29, 0.717) is 77.4 Å². The maximum Gasteiger partial charge on any atom is 0.266 e. The number of hydrogen-bond donors (Lipinski definition) is 0. The van der Waals surface area contributed by atoms with Gasteiger partial charge in [-0.3, -0.25) is 19.2 Å². The van der Waals surface area contributed by atoms with E-state index in [2.05, 4.69) is 65.8 Å². The zero-order valence-corrected chi connectivity index (χ0v) is 38.5. The van der Waals surface area contributed by atoms with Crippen LogP contribution in [0, 0.1) is 34.5 Å². The Morgan fingerprint density at radius 1 is 0.485 bits per heavy atom. The molecule has 0 radical (unpaired) electrons. The molecule has 328 valence electrons. The first-order valence-electron chi connectivity index (χ1n) is 23.1. The SMILES string of the molecule is CC(C)=CCC[C@H](C)CCc1ccc(N2C(=O)c3ccc4c5c(C#N)cc6c7c(ccc(c8c(C#N)cc(c3c48)C2=O)c75)C(=O)N(c2ccc(CC[C@@H](C)CCC=C(C)C)cc2)C6=O)cc1. The zero-order valence-electron chi connectivity index (χ0n) is 38.5. The van der Waals surface area contributed by atoms with Crippen LogP contribution in [0.15, 0.2) is 108 Å². The summed E-state index contributed by atoms with van der Waals surface area (Å²) in [6, 6.07) is 29.7. The van der Waals surface area contributed by atoms with Crippen LogP contribution in [0.1, 0.15) is 144 Å². The number of imide groups is 2. The highest BCUT2D eigenvalue weighted by molar-refractivity contribution is 6.46. The Labute approximate surface area is 385 Å². The molecule has 8 nitrogen and oxygen atoms in total. The molecular formula is C58H52N4O4. The van der Waals surface area contributed by atoms with Crippen LogP contribution < -0.4 is 9.80 Å². The lowest BCUT2D eigenvalue weighted by Gasteiger charge is -2.31. The minimum Gasteiger partial charge on any atom is -0.268 e. The highest BCUT2D eigenvalue weighted by Gasteiger charge is 2.39. The van der Waals surface area contributed by atoms with E-state index in [0.717, 1.165) is 62.5 Å². The minimum absolute atomic E-state index is 0.204. The second-order valence-electron chi connectivity index (χ2n) is 19.0. The van der Waals surface area contributed by atoms with E-state index in [4.69, 9.17) is 0 Å². The van der Waals surface area contributed by atoms with Crippen LogP contribution in [0.2, 0.25) is 0 Å². The van der Waals surface area contributed by atoms with Crippen LogP contribution in [0.3, 0.4) is 0 Å². The lowest BCUT2D eigenvalue weighted by Crippen LogP contribution is -2.40. The highest BCUT2D eigenvalue weighted by Crippen LogP contribution is 2.49. The van der Waals surface area contributed by atoms with Crippen molar-refractivity contribution >= 4 is 78.1 Å². The molecule has 0 saturated heterocycles. The Bertz CT molecular complexity index is 3090. The second kappa shape index (κ2) is 17.5. The van der Waals surface area contributed by atoms with Crippen molar-refractivity contribution in [2.45, 2.75) is 92.9 Å². The number of allylic oxidation sites excluding steroid dienone is 4. The highest BCUT2D eigenvalue weighted by atomic mass is 16.2. The van der Waals surface area contributed by atoms with Gasteiger partial charge >= 0.3 is 0 Å². The number of benzene rings is 7. The molecule has 66 heavy (non-hydrogen) atoms. The molecule has 0 fully saturated rings. The van der Waals surface area contributed by atoms with Gasteiger partial charge in [0, 0.05) is 43.4 Å². The van der Waals surface area contributed by atoms with E-state index in [9.17, 15) is 29.7 Å². The molecule has 0 N–H and O–H groups in total. The first kappa shape index (κ1) is 43.8. The molecule has 2 aliphatic rings. The topological polar surface area (TPSA) is 122 Å². The van der Waals surface area contributed by atoms with E-state index in [1.807, 2.05) is 48.5 Å². The molecular weight excluding hydrogens is 817 g/mol. The number of nitrogens with zero attached hydrogens (tertiary/aromatic N) is 4. The van der Waals surface area contributed by atoms with Crippen LogP contribution >= 0.6 is 0 Å². The number of nitriles is 2. The second-order valence-corrected chi connectivity index (χ2v) is 19.0. The molecule has 4 amide bonds. The third-order valence-corrected chi connectivity index (χ3v) is 13.7. The fourth-order valence-electron chi connectivity index (χ4n) is 10.2. The molecule has 0 aliphatic carbocycles. The van der Waals surface area contributed by atoms with Crippen LogP contribution in [0.4, 0.5) is 11.4 Å². The van der Waals surface area contributed by atoms with Gasteiger partial charge in [-0.2, -0.15) is 10.5 Å². The first-order valence-corrected chi connectivity index (χ1v) is 23.1. The number of hydrogen-bond acceptors (Lipinski definition) is 6. The lowest BCUT2D eigenvalue weighted by atomic mass is 9.79. The van der Waals surface area contributed by atoms with Gasteiger partial charge < -0.3 is 0 Å². The number of rotatable bonds is 14. The molecule has 9 rings (SSSR count). The molecule has 0 aromatic heterocycles. The molecule has 0 saturated carbocycles. The summed E-state index contributed by atoms with van der Waals surface area (Å²) in [4.78, 5) is 60.5. The van der Waals surface area contributed by atoms with E-state index in [1.54, 1.807) is 36.4 Å². The summed E-state index contributed by atoms with van der Waals surface area (Å²) in [6.45, 7) is 13.0. The van der Waals surface area contributed by atoms with Gasteiger partial charge in [0.05, 0.1) is 45.8 Å². The molecule has 2 atom stereocenters. The molecule has 0 spiro atoms. The fourth-order valence-corrected chi connectivity index (χ4v) is 10.2. The van der Waals surface area contributed by atoms with Crippen molar-refractivity contribution in [2.24, 2.45) is 11.8 Å². The van der Waals surface area contributed by atoms with Gasteiger partial charge in [0.1, 0.15) is 0 Å². The Morgan fingerprint density at radius 3 is 1.20 bits per heavy atom. The summed E-state index contributed by atoms with van der Waals surface area (Å²) in [5.41, 5.74) is 7.21. The normalized spacial score (nSPS) is 14.3. The molecule has 0 bridgehead atoms. The Balaban J connectivity index is 1.08. The summed E-state index contributed by atoms with van der Waals surface area (Å²) in [5, 5.41) is 25.5. The maximum atomic E-state index is 14.6. The molecule has 8 heteroatoms. The third-order valence-electron chi connectivity index (χ3n) is 13.7. The number of amides is 4. The first-order chi connectivity index (χ1) is 31.8. The molecule has 0 unspecified atom stereocenters. The largest absolute Gasteiger partial charge is 0.268 e. The van der Waals surface area contributed by atoms with Crippen molar-refractivity contribution in [2.75, 3.05) is 9.80 Å². The summed E-state index contributed by atoms with van der Waals surface area (Å²) >= 11 is 0. The monoisotopic (exact) mass is 868 g/mol. The summed E-state index contributed by atoms with van der Waals surface area (Å²) in [7, 11) is 0. The number of aryl methyl sites for hydroxylation is 2. The Morgan fingerprint density at radius 2 is 0.848 bits per heavy atom. The van der Waals surface area contributed by atoms with Crippen LogP contribution in [-0.4, -0.2) is 23.6 Å². The Hall–Kier alpha value is -7.42. The van der Waals surface area contributed by atoms with Crippen LogP contribution in [0.5, 0.6) is 0 Å². The zero-order chi connectivity index (χ0) is 46.6. The van der Waals surface area contributed by atoms with Crippen molar-refractivity contribution in [3.8, 4) is 12.1 Å². The van der Waals surface area contributed by atoms with Crippen molar-refractivity contribution in [1.82, 2.24) is 0 Å². The molecule has 7 aromatic carbocycles. The summed E-state index contributed by atoms with van der Waals surface area (Å²) < 4.78 is 0. The third kappa shape index (κ3) is 7.51. The lowest BCUT2D eigenvalue weighted by molar-refractivity contribution is 0.0877. The van der Waals surface area contributed by atoms with Gasteiger partial charge in [0.2, 0.25) is 0 Å².